The topological polar surface area (TPSA) is 62.2 Å². The highest BCUT2D eigenvalue weighted by Gasteiger charge is 2.32. The van der Waals surface area contributed by atoms with Gasteiger partial charge < -0.3 is 14.6 Å². The third-order valence-corrected chi connectivity index (χ3v) is 4.92. The summed E-state index contributed by atoms with van der Waals surface area (Å²) in [5.74, 6) is -0.177. The van der Waals surface area contributed by atoms with Crippen molar-refractivity contribution in [2.45, 2.75) is 52.5 Å². The SMILES string of the molecule is CCCCCOCCOCCN1CCN(CC(C)CC)C(C(=O)O)C1. The van der Waals surface area contributed by atoms with Crippen molar-refractivity contribution in [3.8, 4) is 0 Å². The molecule has 25 heavy (non-hydrogen) atoms. The van der Waals surface area contributed by atoms with Crippen LogP contribution in [0.4, 0.5) is 0 Å². The fourth-order valence-corrected chi connectivity index (χ4v) is 3.03. The summed E-state index contributed by atoms with van der Waals surface area (Å²) in [6.07, 6.45) is 4.63. The van der Waals surface area contributed by atoms with Crippen molar-refractivity contribution in [1.82, 2.24) is 9.80 Å². The van der Waals surface area contributed by atoms with Gasteiger partial charge in [0.25, 0.3) is 0 Å². The standard InChI is InChI=1S/C19H38N2O4/c1-4-6-7-11-24-13-14-25-12-10-20-8-9-21(15-17(3)5-2)18(16-20)19(22)23/h17-18H,4-16H2,1-3H3,(H,22,23). The summed E-state index contributed by atoms with van der Waals surface area (Å²) in [6.45, 7) is 13.2. The molecule has 1 heterocycles. The molecule has 0 spiro atoms. The summed E-state index contributed by atoms with van der Waals surface area (Å²) in [4.78, 5) is 15.9. The van der Waals surface area contributed by atoms with E-state index < -0.39 is 12.0 Å². The number of aliphatic carboxylic acids is 1. The van der Waals surface area contributed by atoms with Crippen molar-refractivity contribution in [2.75, 3.05) is 59.2 Å². The van der Waals surface area contributed by atoms with Crippen LogP contribution in [-0.2, 0) is 14.3 Å². The number of carboxylic acids is 1. The van der Waals surface area contributed by atoms with Crippen LogP contribution in [0.2, 0.25) is 0 Å². The molecular formula is C19H38N2O4. The second kappa shape index (κ2) is 13.5. The van der Waals surface area contributed by atoms with E-state index in [4.69, 9.17) is 9.47 Å². The van der Waals surface area contributed by atoms with Crippen LogP contribution in [0, 0.1) is 5.92 Å². The Morgan fingerprint density at radius 1 is 1.12 bits per heavy atom. The lowest BCUT2D eigenvalue weighted by Crippen LogP contribution is -2.57. The van der Waals surface area contributed by atoms with Crippen LogP contribution in [0.1, 0.15) is 46.5 Å². The van der Waals surface area contributed by atoms with E-state index in [2.05, 4.69) is 30.6 Å². The van der Waals surface area contributed by atoms with Crippen LogP contribution in [-0.4, -0.2) is 86.1 Å². The van der Waals surface area contributed by atoms with Gasteiger partial charge in [0.05, 0.1) is 19.8 Å². The fraction of sp³-hybridized carbons (Fsp3) is 0.947. The van der Waals surface area contributed by atoms with Crippen LogP contribution < -0.4 is 0 Å². The maximum atomic E-state index is 11.6. The molecule has 2 unspecified atom stereocenters. The van der Waals surface area contributed by atoms with E-state index in [1.165, 1.54) is 12.8 Å². The highest BCUT2D eigenvalue weighted by Crippen LogP contribution is 2.14. The Bertz CT molecular complexity index is 354. The maximum absolute atomic E-state index is 11.6. The molecule has 0 aromatic heterocycles. The normalized spacial score (nSPS) is 20.7. The smallest absolute Gasteiger partial charge is 0.322 e. The number of rotatable bonds is 14. The molecule has 1 N–H and O–H groups in total. The summed E-state index contributed by atoms with van der Waals surface area (Å²) in [5.41, 5.74) is 0. The molecule has 0 saturated carbocycles. The fourth-order valence-electron chi connectivity index (χ4n) is 3.03. The molecule has 0 aromatic rings. The second-order valence-corrected chi connectivity index (χ2v) is 7.09. The van der Waals surface area contributed by atoms with Gasteiger partial charge in [-0.05, 0) is 12.3 Å². The van der Waals surface area contributed by atoms with Gasteiger partial charge in [-0.15, -0.1) is 0 Å². The molecule has 2 atom stereocenters. The van der Waals surface area contributed by atoms with Crippen LogP contribution in [0.15, 0.2) is 0 Å². The van der Waals surface area contributed by atoms with E-state index >= 15 is 0 Å². The first-order chi connectivity index (χ1) is 12.1. The number of ether oxygens (including phenoxy) is 2. The summed E-state index contributed by atoms with van der Waals surface area (Å²) in [5, 5.41) is 9.53. The highest BCUT2D eigenvalue weighted by molar-refractivity contribution is 5.74. The number of nitrogens with zero attached hydrogens (tertiary/aromatic N) is 2. The average molecular weight is 359 g/mol. The molecule has 1 rings (SSSR count). The number of hydrogen-bond donors (Lipinski definition) is 1. The summed E-state index contributed by atoms with van der Waals surface area (Å²) >= 11 is 0. The molecule has 0 aliphatic carbocycles. The van der Waals surface area contributed by atoms with Gasteiger partial charge in [0, 0.05) is 39.3 Å². The molecule has 1 saturated heterocycles. The molecule has 0 radical (unpaired) electrons. The van der Waals surface area contributed by atoms with Crippen molar-refractivity contribution < 1.29 is 19.4 Å². The molecule has 0 amide bonds. The van der Waals surface area contributed by atoms with E-state index in [1.807, 2.05) is 0 Å². The Kier molecular flexibility index (Phi) is 12.1. The maximum Gasteiger partial charge on any atom is 0.322 e. The third-order valence-electron chi connectivity index (χ3n) is 4.92. The number of hydrogen-bond acceptors (Lipinski definition) is 5. The predicted molar refractivity (Wildman–Crippen MR) is 100 cm³/mol. The Hall–Kier alpha value is -0.690. The van der Waals surface area contributed by atoms with Crippen molar-refractivity contribution >= 4 is 5.97 Å². The lowest BCUT2D eigenvalue weighted by Gasteiger charge is -2.40. The van der Waals surface area contributed by atoms with E-state index in [0.29, 0.717) is 32.3 Å². The first-order valence-electron chi connectivity index (χ1n) is 9.93. The Morgan fingerprint density at radius 3 is 2.48 bits per heavy atom. The minimum absolute atomic E-state index is 0.398. The first-order valence-corrected chi connectivity index (χ1v) is 9.93. The van der Waals surface area contributed by atoms with Crippen molar-refractivity contribution in [3.05, 3.63) is 0 Å². The average Bonchev–Trinajstić information content (AvgIpc) is 2.61. The van der Waals surface area contributed by atoms with E-state index in [1.54, 1.807) is 0 Å². The van der Waals surface area contributed by atoms with Crippen molar-refractivity contribution in [2.24, 2.45) is 5.92 Å². The van der Waals surface area contributed by atoms with E-state index in [-0.39, 0.29) is 0 Å². The molecule has 1 aliphatic heterocycles. The molecule has 6 nitrogen and oxygen atoms in total. The van der Waals surface area contributed by atoms with E-state index in [9.17, 15) is 9.90 Å². The highest BCUT2D eigenvalue weighted by atomic mass is 16.5. The van der Waals surface area contributed by atoms with Gasteiger partial charge in [0.15, 0.2) is 0 Å². The van der Waals surface area contributed by atoms with Crippen molar-refractivity contribution in [3.63, 3.8) is 0 Å². The van der Waals surface area contributed by atoms with Gasteiger partial charge in [-0.1, -0.05) is 40.0 Å². The second-order valence-electron chi connectivity index (χ2n) is 7.09. The molecule has 1 aliphatic rings. The van der Waals surface area contributed by atoms with Gasteiger partial charge in [-0.2, -0.15) is 0 Å². The number of carbonyl (C=O) groups is 1. The minimum atomic E-state index is -0.714. The summed E-state index contributed by atoms with van der Waals surface area (Å²) < 4.78 is 11.1. The summed E-state index contributed by atoms with van der Waals surface area (Å²) in [7, 11) is 0. The van der Waals surface area contributed by atoms with Gasteiger partial charge in [-0.25, -0.2) is 0 Å². The Balaban J connectivity index is 2.16. The molecular weight excluding hydrogens is 320 g/mol. The molecule has 148 valence electrons. The number of piperazine rings is 1. The summed E-state index contributed by atoms with van der Waals surface area (Å²) in [6, 6.07) is -0.398. The zero-order valence-corrected chi connectivity index (χ0v) is 16.4. The van der Waals surface area contributed by atoms with Crippen LogP contribution >= 0.6 is 0 Å². The monoisotopic (exact) mass is 358 g/mol. The molecule has 6 heteroatoms. The van der Waals surface area contributed by atoms with Gasteiger partial charge in [0.1, 0.15) is 6.04 Å². The molecule has 0 bridgehead atoms. The van der Waals surface area contributed by atoms with Gasteiger partial charge in [-0.3, -0.25) is 14.6 Å². The lowest BCUT2D eigenvalue weighted by molar-refractivity contribution is -0.146. The number of carboxylic acid groups (broad SMARTS) is 1. The molecule has 0 aromatic carbocycles. The lowest BCUT2D eigenvalue weighted by atomic mass is 10.1. The van der Waals surface area contributed by atoms with Crippen LogP contribution in [0.25, 0.3) is 0 Å². The predicted octanol–water partition coefficient (Wildman–Crippen LogP) is 2.33. The van der Waals surface area contributed by atoms with Crippen LogP contribution in [0.3, 0.4) is 0 Å². The van der Waals surface area contributed by atoms with Gasteiger partial charge >= 0.3 is 5.97 Å². The number of unbranched alkanes of at least 4 members (excludes halogenated alkanes) is 2. The largest absolute Gasteiger partial charge is 0.480 e. The Labute approximate surface area is 153 Å². The van der Waals surface area contributed by atoms with Gasteiger partial charge in [0.2, 0.25) is 0 Å². The van der Waals surface area contributed by atoms with Crippen molar-refractivity contribution in [1.29, 1.82) is 0 Å². The minimum Gasteiger partial charge on any atom is -0.480 e. The zero-order valence-electron chi connectivity index (χ0n) is 16.4. The third kappa shape index (κ3) is 9.54. The zero-order chi connectivity index (χ0) is 18.5. The van der Waals surface area contributed by atoms with Crippen LogP contribution in [0.5, 0.6) is 0 Å². The molecule has 1 fully saturated rings. The Morgan fingerprint density at radius 2 is 1.84 bits per heavy atom. The first kappa shape index (κ1) is 22.4. The quantitative estimate of drug-likeness (QED) is 0.481. The van der Waals surface area contributed by atoms with E-state index in [0.717, 1.165) is 45.6 Å².